The number of pyridine rings is 1. The smallest absolute Gasteiger partial charge is 0.249 e. The third-order valence-electron chi connectivity index (χ3n) is 3.02. The summed E-state index contributed by atoms with van der Waals surface area (Å²) in [5, 5.41) is 10.2. The maximum atomic E-state index is 5.42. The predicted molar refractivity (Wildman–Crippen MR) is 80.8 cm³/mol. The molecule has 0 aliphatic carbocycles. The molecule has 6 nitrogen and oxygen atoms in total. The van der Waals surface area contributed by atoms with E-state index in [9.17, 15) is 0 Å². The van der Waals surface area contributed by atoms with Crippen LogP contribution in [0.5, 0.6) is 0 Å². The highest BCUT2D eigenvalue weighted by Gasteiger charge is 2.23. The van der Waals surface area contributed by atoms with E-state index in [1.807, 2.05) is 17.5 Å². The molecule has 0 aliphatic rings. The molecule has 0 aromatic carbocycles. The second-order valence-electron chi connectivity index (χ2n) is 4.90. The van der Waals surface area contributed by atoms with E-state index in [1.165, 1.54) is 0 Å². The van der Waals surface area contributed by atoms with Gasteiger partial charge in [-0.3, -0.25) is 4.98 Å². The molecule has 3 heterocycles. The summed E-state index contributed by atoms with van der Waals surface area (Å²) in [5.74, 6) is 1.42. The van der Waals surface area contributed by atoms with Gasteiger partial charge in [0.05, 0.1) is 0 Å². The van der Waals surface area contributed by atoms with Gasteiger partial charge >= 0.3 is 0 Å². The zero-order valence-electron chi connectivity index (χ0n) is 11.7. The van der Waals surface area contributed by atoms with Crippen LogP contribution in [0.15, 0.2) is 40.6 Å². The van der Waals surface area contributed by atoms with Crippen LogP contribution in [0.3, 0.4) is 0 Å². The first-order valence-corrected chi connectivity index (χ1v) is 7.52. The predicted octanol–water partition coefficient (Wildman–Crippen LogP) is 3.40. The second kappa shape index (κ2) is 6.01. The lowest BCUT2D eigenvalue weighted by Crippen LogP contribution is -2.17. The highest BCUT2D eigenvalue weighted by atomic mass is 32.1. The fourth-order valence-corrected chi connectivity index (χ4v) is 2.49. The Balaban J connectivity index is 1.85. The quantitative estimate of drug-likeness (QED) is 0.778. The van der Waals surface area contributed by atoms with Crippen molar-refractivity contribution in [3.05, 3.63) is 42.0 Å². The molecule has 0 aliphatic heterocycles. The number of aromatic nitrogens is 4. The molecule has 3 rings (SSSR count). The Morgan fingerprint density at radius 3 is 2.67 bits per heavy atom. The normalized spacial score (nSPS) is 12.5. The highest BCUT2D eigenvalue weighted by molar-refractivity contribution is 7.13. The lowest BCUT2D eigenvalue weighted by molar-refractivity contribution is 0.336. The minimum atomic E-state index is -0.0702. The van der Waals surface area contributed by atoms with Crippen molar-refractivity contribution in [3.8, 4) is 11.4 Å². The topological polar surface area (TPSA) is 76.7 Å². The van der Waals surface area contributed by atoms with Gasteiger partial charge in [-0.1, -0.05) is 19.0 Å². The summed E-state index contributed by atoms with van der Waals surface area (Å²) >= 11 is 1.55. The van der Waals surface area contributed by atoms with Crippen LogP contribution in [-0.2, 0) is 0 Å². The summed E-state index contributed by atoms with van der Waals surface area (Å²) in [7, 11) is 0. The summed E-state index contributed by atoms with van der Waals surface area (Å²) in [6.07, 6.45) is 5.18. The van der Waals surface area contributed by atoms with Crippen LogP contribution in [0.4, 0.5) is 5.13 Å². The van der Waals surface area contributed by atoms with Crippen molar-refractivity contribution in [1.29, 1.82) is 0 Å². The van der Waals surface area contributed by atoms with Crippen LogP contribution < -0.4 is 5.32 Å². The van der Waals surface area contributed by atoms with Crippen LogP contribution >= 0.6 is 11.3 Å². The van der Waals surface area contributed by atoms with E-state index in [2.05, 4.69) is 39.3 Å². The van der Waals surface area contributed by atoms with Crippen LogP contribution in [0, 0.1) is 5.92 Å². The Hall–Kier alpha value is -2.28. The Bertz CT molecular complexity index is 680. The lowest BCUT2D eigenvalue weighted by atomic mass is 10.0. The summed E-state index contributed by atoms with van der Waals surface area (Å²) in [6, 6.07) is 3.64. The summed E-state index contributed by atoms with van der Waals surface area (Å²) in [5.41, 5.74) is 0.886. The number of nitrogens with one attached hydrogen (secondary N) is 1. The van der Waals surface area contributed by atoms with E-state index in [0.29, 0.717) is 17.6 Å². The van der Waals surface area contributed by atoms with Crippen LogP contribution in [0.1, 0.15) is 25.8 Å². The molecule has 3 aromatic heterocycles. The molecule has 21 heavy (non-hydrogen) atoms. The van der Waals surface area contributed by atoms with Crippen molar-refractivity contribution >= 4 is 16.5 Å². The van der Waals surface area contributed by atoms with E-state index in [1.54, 1.807) is 29.9 Å². The number of thiazole rings is 1. The zero-order valence-corrected chi connectivity index (χ0v) is 12.5. The standard InChI is InChI=1S/C14H15N5OS/c1-9(2)11(17-14-16-7-8-21-14)13-18-12(19-20-13)10-3-5-15-6-4-10/h3-9,11H,1-2H3,(H,16,17). The molecule has 1 unspecified atom stereocenters. The maximum Gasteiger partial charge on any atom is 0.249 e. The Morgan fingerprint density at radius 1 is 1.19 bits per heavy atom. The molecule has 7 heteroatoms. The van der Waals surface area contributed by atoms with E-state index >= 15 is 0 Å². The fraction of sp³-hybridized carbons (Fsp3) is 0.286. The molecular weight excluding hydrogens is 286 g/mol. The Morgan fingerprint density at radius 2 is 2.00 bits per heavy atom. The molecule has 1 atom stereocenters. The number of rotatable bonds is 5. The molecular formula is C14H15N5OS. The van der Waals surface area contributed by atoms with Gasteiger partial charge in [0.15, 0.2) is 5.13 Å². The number of anilines is 1. The van der Waals surface area contributed by atoms with E-state index in [-0.39, 0.29) is 6.04 Å². The average Bonchev–Trinajstić information content (AvgIpc) is 3.17. The molecule has 0 bridgehead atoms. The van der Waals surface area contributed by atoms with Gasteiger partial charge in [-0.15, -0.1) is 11.3 Å². The first-order chi connectivity index (χ1) is 10.2. The van der Waals surface area contributed by atoms with Crippen LogP contribution in [-0.4, -0.2) is 20.1 Å². The zero-order chi connectivity index (χ0) is 14.7. The molecule has 0 saturated heterocycles. The van der Waals surface area contributed by atoms with Crippen molar-refractivity contribution in [2.24, 2.45) is 5.92 Å². The molecule has 0 spiro atoms. The van der Waals surface area contributed by atoms with Gasteiger partial charge in [0.2, 0.25) is 11.7 Å². The minimum Gasteiger partial charge on any atom is -0.350 e. The second-order valence-corrected chi connectivity index (χ2v) is 5.79. The molecule has 3 aromatic rings. The van der Waals surface area contributed by atoms with E-state index in [0.717, 1.165) is 10.7 Å². The Labute approximate surface area is 126 Å². The monoisotopic (exact) mass is 301 g/mol. The van der Waals surface area contributed by atoms with Crippen molar-refractivity contribution in [3.63, 3.8) is 0 Å². The molecule has 108 valence electrons. The van der Waals surface area contributed by atoms with Gasteiger partial charge in [-0.05, 0) is 18.1 Å². The van der Waals surface area contributed by atoms with E-state index in [4.69, 9.17) is 4.52 Å². The highest BCUT2D eigenvalue weighted by Crippen LogP contribution is 2.27. The maximum absolute atomic E-state index is 5.42. The number of nitrogens with zero attached hydrogens (tertiary/aromatic N) is 4. The Kier molecular flexibility index (Phi) is 3.92. The largest absolute Gasteiger partial charge is 0.350 e. The molecule has 0 amide bonds. The van der Waals surface area contributed by atoms with Crippen LogP contribution in [0.25, 0.3) is 11.4 Å². The molecule has 0 radical (unpaired) electrons. The first-order valence-electron chi connectivity index (χ1n) is 6.64. The third kappa shape index (κ3) is 3.08. The van der Waals surface area contributed by atoms with Gasteiger partial charge < -0.3 is 9.84 Å². The summed E-state index contributed by atoms with van der Waals surface area (Å²) in [6.45, 7) is 4.20. The number of hydrogen-bond donors (Lipinski definition) is 1. The summed E-state index contributed by atoms with van der Waals surface area (Å²) < 4.78 is 5.42. The lowest BCUT2D eigenvalue weighted by Gasteiger charge is -2.17. The molecule has 0 saturated carbocycles. The minimum absolute atomic E-state index is 0.0702. The van der Waals surface area contributed by atoms with Crippen molar-refractivity contribution in [2.75, 3.05) is 5.32 Å². The SMILES string of the molecule is CC(C)C(Nc1nccs1)c1nc(-c2ccncc2)no1. The van der Waals surface area contributed by atoms with Crippen molar-refractivity contribution in [1.82, 2.24) is 20.1 Å². The first kappa shape index (κ1) is 13.7. The fourth-order valence-electron chi connectivity index (χ4n) is 1.92. The third-order valence-corrected chi connectivity index (χ3v) is 3.73. The number of hydrogen-bond acceptors (Lipinski definition) is 7. The van der Waals surface area contributed by atoms with Crippen molar-refractivity contribution in [2.45, 2.75) is 19.9 Å². The summed E-state index contributed by atoms with van der Waals surface area (Å²) in [4.78, 5) is 12.7. The molecule has 1 N–H and O–H groups in total. The van der Waals surface area contributed by atoms with Gasteiger partial charge in [0, 0.05) is 29.5 Å². The van der Waals surface area contributed by atoms with E-state index < -0.39 is 0 Å². The average molecular weight is 301 g/mol. The van der Waals surface area contributed by atoms with Gasteiger partial charge in [-0.25, -0.2) is 4.98 Å². The van der Waals surface area contributed by atoms with Crippen molar-refractivity contribution < 1.29 is 4.52 Å². The van der Waals surface area contributed by atoms with Gasteiger partial charge in [-0.2, -0.15) is 4.98 Å². The molecule has 0 fully saturated rings. The van der Waals surface area contributed by atoms with Crippen LogP contribution in [0.2, 0.25) is 0 Å². The van der Waals surface area contributed by atoms with Gasteiger partial charge in [0.25, 0.3) is 0 Å². The van der Waals surface area contributed by atoms with Gasteiger partial charge in [0.1, 0.15) is 6.04 Å².